The maximum atomic E-state index is 12.2. The minimum Gasteiger partial charge on any atom is -0.462 e. The quantitative estimate of drug-likeness (QED) is 0.576. The summed E-state index contributed by atoms with van der Waals surface area (Å²) >= 11 is 0.889. The Morgan fingerprint density at radius 2 is 1.77 bits per heavy atom. The topological polar surface area (TPSA) is 118 Å². The van der Waals surface area contributed by atoms with Gasteiger partial charge in [-0.1, -0.05) is 0 Å². The second-order valence-electron chi connectivity index (χ2n) is 4.91. The highest BCUT2D eigenvalue weighted by Crippen LogP contribution is 2.33. The summed E-state index contributed by atoms with van der Waals surface area (Å²) < 4.78 is 15.2. The van der Waals surface area contributed by atoms with Crippen molar-refractivity contribution in [2.45, 2.75) is 20.5 Å². The molecule has 8 nitrogen and oxygen atoms in total. The van der Waals surface area contributed by atoms with Crippen LogP contribution in [0.5, 0.6) is 0 Å². The Bertz CT molecular complexity index is 803. The van der Waals surface area contributed by atoms with Crippen molar-refractivity contribution in [2.75, 3.05) is 18.9 Å². The summed E-state index contributed by atoms with van der Waals surface area (Å²) in [5.41, 5.74) is 6.31. The van der Waals surface area contributed by atoms with Gasteiger partial charge in [-0.05, 0) is 26.0 Å². The van der Waals surface area contributed by atoms with E-state index in [0.29, 0.717) is 0 Å². The summed E-state index contributed by atoms with van der Waals surface area (Å²) in [5.74, 6) is -1.98. The number of carbonyl (C=O) groups is 3. The van der Waals surface area contributed by atoms with E-state index in [1.165, 1.54) is 18.5 Å². The van der Waals surface area contributed by atoms with Crippen molar-refractivity contribution in [1.82, 2.24) is 4.98 Å². The van der Waals surface area contributed by atoms with Crippen molar-refractivity contribution in [3.63, 3.8) is 0 Å². The van der Waals surface area contributed by atoms with E-state index in [2.05, 4.69) is 4.98 Å². The fourth-order valence-corrected chi connectivity index (χ4v) is 3.07. The van der Waals surface area contributed by atoms with E-state index >= 15 is 0 Å². The number of thiophene rings is 1. The van der Waals surface area contributed by atoms with Crippen molar-refractivity contribution in [3.05, 3.63) is 46.1 Å². The van der Waals surface area contributed by atoms with Gasteiger partial charge in [0, 0.05) is 18.0 Å². The number of nitrogens with zero attached hydrogens (tertiary/aromatic N) is 1. The lowest BCUT2D eigenvalue weighted by molar-refractivity contribution is 0.0437. The molecule has 0 aliphatic heterocycles. The number of hydrogen-bond acceptors (Lipinski definition) is 9. The summed E-state index contributed by atoms with van der Waals surface area (Å²) in [6.07, 6.45) is 2.87. The molecule has 0 bridgehead atoms. The molecule has 0 spiro atoms. The summed E-state index contributed by atoms with van der Waals surface area (Å²) in [4.78, 5) is 40.4. The van der Waals surface area contributed by atoms with Gasteiger partial charge in [-0.15, -0.1) is 11.3 Å². The number of aromatic nitrogens is 1. The second kappa shape index (κ2) is 8.95. The molecule has 0 saturated carbocycles. The first-order valence-electron chi connectivity index (χ1n) is 7.82. The van der Waals surface area contributed by atoms with E-state index in [9.17, 15) is 14.4 Å². The average molecular weight is 378 g/mol. The number of nitrogens with two attached hydrogens (primary N) is 1. The molecule has 2 aromatic heterocycles. The van der Waals surface area contributed by atoms with Crippen molar-refractivity contribution in [2.24, 2.45) is 0 Å². The molecular weight excluding hydrogens is 360 g/mol. The molecule has 26 heavy (non-hydrogen) atoms. The second-order valence-corrected chi connectivity index (χ2v) is 5.96. The van der Waals surface area contributed by atoms with Crippen LogP contribution in [0.25, 0.3) is 0 Å². The van der Waals surface area contributed by atoms with E-state index in [-0.39, 0.29) is 46.4 Å². The van der Waals surface area contributed by atoms with Gasteiger partial charge in [0.15, 0.2) is 0 Å². The smallest absolute Gasteiger partial charge is 0.348 e. The Morgan fingerprint density at radius 1 is 1.08 bits per heavy atom. The summed E-state index contributed by atoms with van der Waals surface area (Å²) in [6, 6.07) is 3.13. The minimum absolute atomic E-state index is 0.0129. The first-order chi connectivity index (χ1) is 12.5. The Morgan fingerprint density at radius 3 is 2.38 bits per heavy atom. The largest absolute Gasteiger partial charge is 0.462 e. The van der Waals surface area contributed by atoms with Crippen LogP contribution in [0.2, 0.25) is 0 Å². The molecule has 9 heteroatoms. The van der Waals surface area contributed by atoms with Crippen molar-refractivity contribution in [3.8, 4) is 0 Å². The van der Waals surface area contributed by atoms with Gasteiger partial charge in [0.25, 0.3) is 0 Å². The van der Waals surface area contributed by atoms with Crippen LogP contribution < -0.4 is 5.73 Å². The molecule has 0 aliphatic carbocycles. The van der Waals surface area contributed by atoms with Gasteiger partial charge < -0.3 is 19.9 Å². The van der Waals surface area contributed by atoms with Crippen molar-refractivity contribution < 1.29 is 28.6 Å². The minimum atomic E-state index is -0.691. The van der Waals surface area contributed by atoms with Crippen LogP contribution in [0.15, 0.2) is 24.5 Å². The molecule has 0 fully saturated rings. The molecule has 0 aromatic carbocycles. The van der Waals surface area contributed by atoms with Crippen LogP contribution >= 0.6 is 11.3 Å². The highest BCUT2D eigenvalue weighted by atomic mass is 32.1. The lowest BCUT2D eigenvalue weighted by atomic mass is 10.1. The lowest BCUT2D eigenvalue weighted by Crippen LogP contribution is -2.14. The number of carbonyl (C=O) groups excluding carboxylic acids is 3. The molecule has 2 aromatic rings. The molecule has 0 saturated heterocycles. The zero-order valence-corrected chi connectivity index (χ0v) is 15.1. The van der Waals surface area contributed by atoms with Gasteiger partial charge in [0.1, 0.15) is 22.0 Å². The molecular formula is C17H18N2O6S. The Labute approximate surface area is 153 Å². The lowest BCUT2D eigenvalue weighted by Gasteiger charge is -2.09. The molecule has 2 heterocycles. The Balaban J connectivity index is 2.32. The molecule has 138 valence electrons. The fourth-order valence-electron chi connectivity index (χ4n) is 2.12. The van der Waals surface area contributed by atoms with Crippen LogP contribution in [-0.4, -0.2) is 36.1 Å². The monoisotopic (exact) mass is 378 g/mol. The Hall–Kier alpha value is -2.94. The molecule has 0 amide bonds. The zero-order chi connectivity index (χ0) is 19.1. The maximum Gasteiger partial charge on any atom is 0.348 e. The summed E-state index contributed by atoms with van der Waals surface area (Å²) in [6.45, 7) is 3.26. The van der Waals surface area contributed by atoms with Crippen LogP contribution in [0.3, 0.4) is 0 Å². The predicted molar refractivity (Wildman–Crippen MR) is 94.0 cm³/mol. The molecule has 0 aliphatic rings. The van der Waals surface area contributed by atoms with Gasteiger partial charge in [0.05, 0.1) is 18.8 Å². The number of anilines is 1. The number of rotatable bonds is 7. The van der Waals surface area contributed by atoms with Gasteiger partial charge >= 0.3 is 17.9 Å². The fraction of sp³-hybridized carbons (Fsp3) is 0.294. The summed E-state index contributed by atoms with van der Waals surface area (Å²) in [5, 5.41) is 0.0962. The van der Waals surface area contributed by atoms with Crippen molar-refractivity contribution >= 4 is 34.2 Å². The van der Waals surface area contributed by atoms with E-state index in [1.54, 1.807) is 19.9 Å². The third kappa shape index (κ3) is 4.37. The predicted octanol–water partition coefficient (Wildman–Crippen LogP) is 2.44. The third-order valence-electron chi connectivity index (χ3n) is 3.22. The Kier molecular flexibility index (Phi) is 6.67. The maximum absolute atomic E-state index is 12.2. The first kappa shape index (κ1) is 19.4. The van der Waals surface area contributed by atoms with E-state index in [1.807, 2.05) is 0 Å². The highest BCUT2D eigenvalue weighted by molar-refractivity contribution is 7.18. The molecule has 2 rings (SSSR count). The summed E-state index contributed by atoms with van der Waals surface area (Å²) in [7, 11) is 0. The molecule has 0 unspecified atom stereocenters. The van der Waals surface area contributed by atoms with E-state index in [0.717, 1.165) is 11.3 Å². The zero-order valence-electron chi connectivity index (χ0n) is 14.3. The van der Waals surface area contributed by atoms with Crippen LogP contribution in [0, 0.1) is 0 Å². The molecule has 0 radical (unpaired) electrons. The van der Waals surface area contributed by atoms with E-state index in [4.69, 9.17) is 19.9 Å². The highest BCUT2D eigenvalue weighted by Gasteiger charge is 2.28. The number of ether oxygens (including phenoxy) is 3. The number of pyridine rings is 1. The SMILES string of the molecule is CCOC(=O)c1sc(N)c(C(=O)OCC)c1COC(=O)c1cccnc1. The normalized spacial score (nSPS) is 10.2. The molecule has 0 atom stereocenters. The van der Waals surface area contributed by atoms with Gasteiger partial charge in [0.2, 0.25) is 0 Å². The van der Waals surface area contributed by atoms with Crippen LogP contribution in [0.1, 0.15) is 49.8 Å². The first-order valence-corrected chi connectivity index (χ1v) is 8.63. The number of hydrogen-bond donors (Lipinski definition) is 1. The standard InChI is InChI=1S/C17H18N2O6S/c1-3-23-16(21)12-11(13(26-14(12)18)17(22)24-4-2)9-25-15(20)10-6-5-7-19-8-10/h5-8H,3-4,9,18H2,1-2H3. The van der Waals surface area contributed by atoms with Gasteiger partial charge in [-0.2, -0.15) is 0 Å². The third-order valence-corrected chi connectivity index (χ3v) is 4.26. The van der Waals surface area contributed by atoms with Gasteiger partial charge in [-0.25, -0.2) is 14.4 Å². The number of esters is 3. The van der Waals surface area contributed by atoms with E-state index < -0.39 is 17.9 Å². The number of nitrogen functional groups attached to an aromatic ring is 1. The van der Waals surface area contributed by atoms with Gasteiger partial charge in [-0.3, -0.25) is 4.98 Å². The average Bonchev–Trinajstić information content (AvgIpc) is 2.97. The van der Waals surface area contributed by atoms with Crippen LogP contribution in [-0.2, 0) is 20.8 Å². The molecule has 2 N–H and O–H groups in total. The van der Waals surface area contributed by atoms with Crippen LogP contribution in [0.4, 0.5) is 5.00 Å². The van der Waals surface area contributed by atoms with Crippen molar-refractivity contribution in [1.29, 1.82) is 0 Å².